The SMILES string of the molecule is CCC(C)C=CCC1CC1. The molecule has 1 aliphatic rings. The van der Waals surface area contributed by atoms with Gasteiger partial charge < -0.3 is 0 Å². The van der Waals surface area contributed by atoms with Gasteiger partial charge in [-0.3, -0.25) is 0 Å². The Kier molecular flexibility index (Phi) is 2.98. The van der Waals surface area contributed by atoms with Gasteiger partial charge in [0, 0.05) is 0 Å². The van der Waals surface area contributed by atoms with Gasteiger partial charge in [0.15, 0.2) is 0 Å². The predicted octanol–water partition coefficient (Wildman–Crippen LogP) is 3.39. The van der Waals surface area contributed by atoms with Crippen LogP contribution in [0.25, 0.3) is 0 Å². The second-order valence-corrected chi connectivity index (χ2v) is 3.49. The summed E-state index contributed by atoms with van der Waals surface area (Å²) in [5, 5.41) is 0. The number of rotatable bonds is 4. The van der Waals surface area contributed by atoms with E-state index < -0.39 is 0 Å². The normalized spacial score (nSPS) is 21.8. The van der Waals surface area contributed by atoms with Gasteiger partial charge in [-0.1, -0.05) is 32.4 Å². The number of hydrogen-bond acceptors (Lipinski definition) is 0. The highest BCUT2D eigenvalue weighted by atomic mass is 14.2. The molecule has 1 saturated carbocycles. The first-order valence-corrected chi connectivity index (χ1v) is 4.49. The van der Waals surface area contributed by atoms with E-state index in [4.69, 9.17) is 0 Å². The Bertz CT molecular complexity index is 109. The quantitative estimate of drug-likeness (QED) is 0.522. The van der Waals surface area contributed by atoms with Gasteiger partial charge in [0.2, 0.25) is 0 Å². The zero-order valence-corrected chi connectivity index (χ0v) is 7.14. The van der Waals surface area contributed by atoms with Crippen LogP contribution >= 0.6 is 0 Å². The van der Waals surface area contributed by atoms with Crippen molar-refractivity contribution >= 4 is 0 Å². The minimum atomic E-state index is 0.791. The monoisotopic (exact) mass is 138 g/mol. The molecule has 0 aromatic rings. The zero-order valence-electron chi connectivity index (χ0n) is 7.14. The highest BCUT2D eigenvalue weighted by Gasteiger charge is 2.18. The summed E-state index contributed by atoms with van der Waals surface area (Å²) in [6, 6.07) is 0. The zero-order chi connectivity index (χ0) is 7.40. The molecular formula is C10H18. The van der Waals surface area contributed by atoms with E-state index in [0.29, 0.717) is 0 Å². The van der Waals surface area contributed by atoms with Crippen LogP contribution in [0, 0.1) is 11.8 Å². The fourth-order valence-corrected chi connectivity index (χ4v) is 0.993. The molecule has 0 aliphatic heterocycles. The Morgan fingerprint density at radius 3 is 2.70 bits per heavy atom. The second-order valence-electron chi connectivity index (χ2n) is 3.49. The Hall–Kier alpha value is -0.260. The van der Waals surface area contributed by atoms with Crippen LogP contribution < -0.4 is 0 Å². The van der Waals surface area contributed by atoms with Gasteiger partial charge in [-0.2, -0.15) is 0 Å². The summed E-state index contributed by atoms with van der Waals surface area (Å²) in [6.07, 6.45) is 10.3. The van der Waals surface area contributed by atoms with E-state index in [1.54, 1.807) is 0 Å². The molecule has 1 rings (SSSR count). The lowest BCUT2D eigenvalue weighted by Gasteiger charge is -1.98. The molecule has 0 bridgehead atoms. The lowest BCUT2D eigenvalue weighted by Crippen LogP contribution is -1.83. The summed E-state index contributed by atoms with van der Waals surface area (Å²) in [7, 11) is 0. The molecule has 0 N–H and O–H groups in total. The largest absolute Gasteiger partial charge is 0.0880 e. The van der Waals surface area contributed by atoms with Gasteiger partial charge in [-0.05, 0) is 31.1 Å². The molecule has 0 aromatic heterocycles. The molecule has 0 heteroatoms. The summed E-state index contributed by atoms with van der Waals surface area (Å²) in [4.78, 5) is 0. The van der Waals surface area contributed by atoms with E-state index in [0.717, 1.165) is 11.8 Å². The van der Waals surface area contributed by atoms with Crippen LogP contribution in [0.2, 0.25) is 0 Å². The van der Waals surface area contributed by atoms with Gasteiger partial charge in [-0.25, -0.2) is 0 Å². The van der Waals surface area contributed by atoms with Crippen LogP contribution in [-0.4, -0.2) is 0 Å². The molecule has 10 heavy (non-hydrogen) atoms. The molecule has 0 nitrogen and oxygen atoms in total. The Morgan fingerprint density at radius 2 is 2.20 bits per heavy atom. The maximum absolute atomic E-state index is 2.37. The third kappa shape index (κ3) is 3.05. The lowest BCUT2D eigenvalue weighted by molar-refractivity contribution is 0.692. The minimum Gasteiger partial charge on any atom is -0.0880 e. The first-order chi connectivity index (χ1) is 4.83. The van der Waals surface area contributed by atoms with Gasteiger partial charge in [0.1, 0.15) is 0 Å². The number of allylic oxidation sites excluding steroid dienone is 2. The molecule has 58 valence electrons. The van der Waals surface area contributed by atoms with Crippen LogP contribution in [0.1, 0.15) is 39.5 Å². The van der Waals surface area contributed by atoms with E-state index in [9.17, 15) is 0 Å². The second kappa shape index (κ2) is 3.80. The predicted molar refractivity (Wildman–Crippen MR) is 45.9 cm³/mol. The van der Waals surface area contributed by atoms with E-state index in [2.05, 4.69) is 26.0 Å². The van der Waals surface area contributed by atoms with Gasteiger partial charge in [-0.15, -0.1) is 0 Å². The van der Waals surface area contributed by atoms with E-state index in [-0.39, 0.29) is 0 Å². The molecule has 0 amide bonds. The summed E-state index contributed by atoms with van der Waals surface area (Å²) >= 11 is 0. The fourth-order valence-electron chi connectivity index (χ4n) is 0.993. The topological polar surface area (TPSA) is 0 Å². The molecule has 1 aliphatic carbocycles. The molecule has 0 aromatic carbocycles. The molecule has 1 unspecified atom stereocenters. The van der Waals surface area contributed by atoms with E-state index in [1.807, 2.05) is 0 Å². The third-order valence-corrected chi connectivity index (χ3v) is 2.27. The molecular weight excluding hydrogens is 120 g/mol. The minimum absolute atomic E-state index is 0.791. The van der Waals surface area contributed by atoms with Crippen LogP contribution in [0.3, 0.4) is 0 Å². The van der Waals surface area contributed by atoms with E-state index in [1.165, 1.54) is 25.7 Å². The maximum Gasteiger partial charge on any atom is -0.0265 e. The molecule has 0 saturated heterocycles. The molecule has 0 heterocycles. The van der Waals surface area contributed by atoms with Crippen molar-refractivity contribution in [2.75, 3.05) is 0 Å². The van der Waals surface area contributed by atoms with Crippen molar-refractivity contribution in [2.45, 2.75) is 39.5 Å². The Balaban J connectivity index is 2.02. The van der Waals surface area contributed by atoms with Crippen LogP contribution in [-0.2, 0) is 0 Å². The Morgan fingerprint density at radius 1 is 1.50 bits per heavy atom. The van der Waals surface area contributed by atoms with Crippen LogP contribution in [0.5, 0.6) is 0 Å². The van der Waals surface area contributed by atoms with Gasteiger partial charge >= 0.3 is 0 Å². The van der Waals surface area contributed by atoms with Crippen molar-refractivity contribution in [1.82, 2.24) is 0 Å². The molecule has 1 atom stereocenters. The average molecular weight is 138 g/mol. The summed E-state index contributed by atoms with van der Waals surface area (Å²) in [6.45, 7) is 4.52. The molecule has 1 fully saturated rings. The van der Waals surface area contributed by atoms with Crippen LogP contribution in [0.4, 0.5) is 0 Å². The summed E-state index contributed by atoms with van der Waals surface area (Å²) in [5.41, 5.74) is 0. The van der Waals surface area contributed by atoms with Crippen molar-refractivity contribution in [3.63, 3.8) is 0 Å². The first-order valence-electron chi connectivity index (χ1n) is 4.49. The highest BCUT2D eigenvalue weighted by molar-refractivity contribution is 4.90. The number of hydrogen-bond donors (Lipinski definition) is 0. The molecule has 0 spiro atoms. The third-order valence-electron chi connectivity index (χ3n) is 2.27. The standard InChI is InChI=1S/C10H18/c1-3-9(2)5-4-6-10-7-8-10/h4-5,9-10H,3,6-8H2,1-2H3. The fraction of sp³-hybridized carbons (Fsp3) is 0.800. The highest BCUT2D eigenvalue weighted by Crippen LogP contribution is 2.32. The smallest absolute Gasteiger partial charge is 0.0265 e. The van der Waals surface area contributed by atoms with Crippen molar-refractivity contribution in [2.24, 2.45) is 11.8 Å². The van der Waals surface area contributed by atoms with Gasteiger partial charge in [0.25, 0.3) is 0 Å². The van der Waals surface area contributed by atoms with Crippen LogP contribution in [0.15, 0.2) is 12.2 Å². The average Bonchev–Trinajstić information content (AvgIpc) is 2.71. The van der Waals surface area contributed by atoms with E-state index >= 15 is 0 Å². The summed E-state index contributed by atoms with van der Waals surface area (Å²) < 4.78 is 0. The van der Waals surface area contributed by atoms with Crippen molar-refractivity contribution in [3.05, 3.63) is 12.2 Å². The van der Waals surface area contributed by atoms with Gasteiger partial charge in [0.05, 0.1) is 0 Å². The maximum atomic E-state index is 2.37. The van der Waals surface area contributed by atoms with Crippen molar-refractivity contribution in [3.8, 4) is 0 Å². The van der Waals surface area contributed by atoms with Crippen molar-refractivity contribution in [1.29, 1.82) is 0 Å². The first kappa shape index (κ1) is 7.84. The molecule has 0 radical (unpaired) electrons. The summed E-state index contributed by atoms with van der Waals surface area (Å²) in [5.74, 6) is 1.85. The Labute approximate surface area is 64.3 Å². The van der Waals surface area contributed by atoms with Crippen molar-refractivity contribution < 1.29 is 0 Å². The lowest BCUT2D eigenvalue weighted by atomic mass is 10.1.